The Hall–Kier alpha value is -4.07. The van der Waals surface area contributed by atoms with E-state index in [-0.39, 0.29) is 13.5 Å². The van der Waals surface area contributed by atoms with Gasteiger partial charge in [-0.05, 0) is 59.7 Å². The number of rotatable bonds is 9. The van der Waals surface area contributed by atoms with Gasteiger partial charge in [0.05, 0.1) is 29.3 Å². The maximum atomic E-state index is 9.38. The van der Waals surface area contributed by atoms with Crippen molar-refractivity contribution in [3.63, 3.8) is 0 Å². The Bertz CT molecular complexity index is 1460. The molecule has 1 aliphatic rings. The Morgan fingerprint density at radius 1 is 0.897 bits per heavy atom. The van der Waals surface area contributed by atoms with Gasteiger partial charge >= 0.3 is 0 Å². The van der Waals surface area contributed by atoms with E-state index in [1.165, 1.54) is 28.8 Å². The van der Waals surface area contributed by atoms with Crippen LogP contribution >= 0.6 is 0 Å². The lowest BCUT2D eigenvalue weighted by atomic mass is 9.90. The van der Waals surface area contributed by atoms with Crippen LogP contribution in [0.2, 0.25) is 0 Å². The molecule has 0 bridgehead atoms. The second-order valence-electron chi connectivity index (χ2n) is 10.1. The fourth-order valence-corrected chi connectivity index (χ4v) is 5.41. The molecule has 0 amide bonds. The molecule has 5 aromatic rings. The lowest BCUT2D eigenvalue weighted by Gasteiger charge is -2.34. The number of fused-ring (bicyclic) bond motifs is 2. The SMILES string of the molecule is C.O[n+]1ccc(CNCc2ccc(CN(Cc3nc4ccccc4[nH]3)C3CCCc4cccnc43)cc2)cc1. The van der Waals surface area contributed by atoms with Crippen molar-refractivity contribution in [3.05, 3.63) is 125 Å². The fraction of sp³-hybridized carbons (Fsp3) is 0.281. The van der Waals surface area contributed by atoms with E-state index in [2.05, 4.69) is 63.7 Å². The fourth-order valence-electron chi connectivity index (χ4n) is 5.41. The van der Waals surface area contributed by atoms with E-state index < -0.39 is 0 Å². The van der Waals surface area contributed by atoms with Gasteiger partial charge in [-0.3, -0.25) is 15.1 Å². The van der Waals surface area contributed by atoms with Gasteiger partial charge in [-0.1, -0.05) is 49.9 Å². The number of aromatic amines is 1. The van der Waals surface area contributed by atoms with Gasteiger partial charge in [0, 0.05) is 42.7 Å². The second-order valence-corrected chi connectivity index (χ2v) is 10.1. The van der Waals surface area contributed by atoms with Crippen LogP contribution in [-0.2, 0) is 32.6 Å². The molecule has 200 valence electrons. The van der Waals surface area contributed by atoms with Crippen LogP contribution in [0.5, 0.6) is 0 Å². The average Bonchev–Trinajstić information content (AvgIpc) is 3.37. The summed E-state index contributed by atoms with van der Waals surface area (Å²) in [5.74, 6) is 0.989. The van der Waals surface area contributed by atoms with Gasteiger partial charge in [0.1, 0.15) is 5.82 Å². The van der Waals surface area contributed by atoms with Crippen molar-refractivity contribution in [2.75, 3.05) is 0 Å². The zero-order chi connectivity index (χ0) is 25.7. The van der Waals surface area contributed by atoms with E-state index >= 15 is 0 Å². The molecule has 1 atom stereocenters. The van der Waals surface area contributed by atoms with Crippen LogP contribution in [-0.4, -0.2) is 25.1 Å². The number of hydrogen-bond acceptors (Lipinski definition) is 5. The highest BCUT2D eigenvalue weighted by Crippen LogP contribution is 2.34. The van der Waals surface area contributed by atoms with E-state index in [0.717, 1.165) is 66.2 Å². The first-order valence-corrected chi connectivity index (χ1v) is 13.3. The van der Waals surface area contributed by atoms with E-state index in [9.17, 15) is 5.21 Å². The average molecular weight is 522 g/mol. The summed E-state index contributed by atoms with van der Waals surface area (Å²) in [6, 6.07) is 25.5. The summed E-state index contributed by atoms with van der Waals surface area (Å²) in [5.41, 5.74) is 8.32. The molecule has 1 aliphatic carbocycles. The largest absolute Gasteiger partial charge is 0.341 e. The number of benzene rings is 2. The molecule has 39 heavy (non-hydrogen) atoms. The first-order valence-electron chi connectivity index (χ1n) is 13.3. The van der Waals surface area contributed by atoms with E-state index in [4.69, 9.17) is 9.97 Å². The number of imidazole rings is 1. The zero-order valence-electron chi connectivity index (χ0n) is 21.4. The number of nitrogens with zero attached hydrogens (tertiary/aromatic N) is 4. The van der Waals surface area contributed by atoms with Crippen molar-refractivity contribution in [1.82, 2.24) is 25.2 Å². The molecule has 3 heterocycles. The monoisotopic (exact) mass is 521 g/mol. The molecule has 3 N–H and O–H groups in total. The summed E-state index contributed by atoms with van der Waals surface area (Å²) in [6.45, 7) is 3.11. The van der Waals surface area contributed by atoms with E-state index in [1.54, 1.807) is 12.4 Å². The summed E-state index contributed by atoms with van der Waals surface area (Å²) >= 11 is 0. The van der Waals surface area contributed by atoms with Crippen molar-refractivity contribution in [2.24, 2.45) is 0 Å². The maximum Gasteiger partial charge on any atom is 0.222 e. The molecule has 0 radical (unpaired) electrons. The molecule has 2 aromatic carbocycles. The highest BCUT2D eigenvalue weighted by molar-refractivity contribution is 5.74. The molecule has 3 aromatic heterocycles. The third-order valence-corrected chi connectivity index (χ3v) is 7.35. The van der Waals surface area contributed by atoms with Gasteiger partial charge in [-0.2, -0.15) is 0 Å². The van der Waals surface area contributed by atoms with Gasteiger partial charge in [0.25, 0.3) is 0 Å². The van der Waals surface area contributed by atoms with Gasteiger partial charge < -0.3 is 10.3 Å². The van der Waals surface area contributed by atoms with Gasteiger partial charge in [-0.15, -0.1) is 0 Å². The molecule has 7 heteroatoms. The molecule has 7 nitrogen and oxygen atoms in total. The Morgan fingerprint density at radius 2 is 1.64 bits per heavy atom. The van der Waals surface area contributed by atoms with Crippen LogP contribution in [0, 0.1) is 0 Å². The van der Waals surface area contributed by atoms with Crippen LogP contribution < -0.4 is 10.0 Å². The lowest BCUT2D eigenvalue weighted by molar-refractivity contribution is -0.904. The third kappa shape index (κ3) is 6.33. The number of hydrogen-bond donors (Lipinski definition) is 3. The van der Waals surface area contributed by atoms with Crippen molar-refractivity contribution < 1.29 is 9.94 Å². The van der Waals surface area contributed by atoms with Crippen molar-refractivity contribution in [3.8, 4) is 0 Å². The quantitative estimate of drug-likeness (QED) is 0.177. The van der Waals surface area contributed by atoms with Gasteiger partial charge in [0.15, 0.2) is 0 Å². The normalized spacial score (nSPS) is 14.7. The predicted molar refractivity (Wildman–Crippen MR) is 153 cm³/mol. The minimum absolute atomic E-state index is 0. The summed E-state index contributed by atoms with van der Waals surface area (Å²) in [4.78, 5) is 15.8. The summed E-state index contributed by atoms with van der Waals surface area (Å²) in [7, 11) is 0. The Balaban J connectivity index is 0.00000308. The minimum Gasteiger partial charge on any atom is -0.341 e. The molecular formula is C32H37N6O+. The Kier molecular flexibility index (Phi) is 8.30. The van der Waals surface area contributed by atoms with Crippen LogP contribution in [0.4, 0.5) is 0 Å². The third-order valence-electron chi connectivity index (χ3n) is 7.35. The first kappa shape index (κ1) is 26.5. The highest BCUT2D eigenvalue weighted by Gasteiger charge is 2.28. The maximum absolute atomic E-state index is 9.38. The van der Waals surface area contributed by atoms with Crippen molar-refractivity contribution in [2.45, 2.75) is 58.9 Å². The number of aromatic nitrogens is 4. The molecule has 0 aliphatic heterocycles. The molecule has 0 saturated heterocycles. The number of aryl methyl sites for hydroxylation is 1. The molecule has 0 saturated carbocycles. The summed E-state index contributed by atoms with van der Waals surface area (Å²) < 4.78 is 1.06. The van der Waals surface area contributed by atoms with Crippen molar-refractivity contribution >= 4 is 11.0 Å². The Labute approximate surface area is 230 Å². The standard InChI is InChI=1S/C31H33N6O.CH4/c38-37-17-14-24(15-18-37)20-32-19-23-10-12-25(13-11-23)21-36(22-30-34-27-7-1-2-8-28(27)35-30)29-9-3-5-26-6-4-16-33-31(26)29;/h1-2,4,6-8,10-18,29,32,38H,3,5,9,19-22H2,(H,34,35);1H4/q+1;. The van der Waals surface area contributed by atoms with E-state index in [1.807, 2.05) is 30.5 Å². The van der Waals surface area contributed by atoms with E-state index in [0.29, 0.717) is 0 Å². The number of para-hydroxylation sites is 2. The topological polar surface area (TPSA) is 81.0 Å². The molecular weight excluding hydrogens is 484 g/mol. The molecule has 6 rings (SSSR count). The van der Waals surface area contributed by atoms with Gasteiger partial charge in [0.2, 0.25) is 12.4 Å². The second kappa shape index (κ2) is 12.2. The van der Waals surface area contributed by atoms with Crippen molar-refractivity contribution in [1.29, 1.82) is 0 Å². The molecule has 0 fully saturated rings. The Morgan fingerprint density at radius 3 is 2.44 bits per heavy atom. The first-order chi connectivity index (χ1) is 18.7. The number of pyridine rings is 2. The smallest absolute Gasteiger partial charge is 0.222 e. The number of nitrogens with one attached hydrogen (secondary N) is 2. The van der Waals surface area contributed by atoms with Crippen LogP contribution in [0.3, 0.4) is 0 Å². The van der Waals surface area contributed by atoms with Crippen LogP contribution in [0.1, 0.15) is 60.1 Å². The predicted octanol–water partition coefficient (Wildman–Crippen LogP) is 5.49. The summed E-state index contributed by atoms with van der Waals surface area (Å²) in [5, 5.41) is 12.9. The molecule has 1 unspecified atom stereocenters. The van der Waals surface area contributed by atoms with Gasteiger partial charge in [-0.25, -0.2) is 4.98 Å². The highest BCUT2D eigenvalue weighted by atomic mass is 16.5. The van der Waals surface area contributed by atoms with Crippen LogP contribution in [0.15, 0.2) is 91.4 Å². The summed E-state index contributed by atoms with van der Waals surface area (Å²) in [6.07, 6.45) is 8.58. The zero-order valence-corrected chi connectivity index (χ0v) is 21.4. The minimum atomic E-state index is 0. The number of H-pyrrole nitrogens is 1. The lowest BCUT2D eigenvalue weighted by Crippen LogP contribution is -2.31. The molecule has 0 spiro atoms. The van der Waals surface area contributed by atoms with Crippen LogP contribution in [0.25, 0.3) is 11.0 Å².